The lowest BCUT2D eigenvalue weighted by Gasteiger charge is -2.13. The molecule has 1 aromatic rings. The molecule has 0 bridgehead atoms. The average molecular weight is 216 g/mol. The maximum Gasteiger partial charge on any atom is 0.231 e. The van der Waals surface area contributed by atoms with Crippen molar-refractivity contribution in [1.82, 2.24) is 0 Å². The number of benzene rings is 1. The van der Waals surface area contributed by atoms with E-state index >= 15 is 0 Å². The van der Waals surface area contributed by atoms with Crippen molar-refractivity contribution in [2.75, 3.05) is 6.79 Å². The predicted molar refractivity (Wildman–Crippen MR) is 64.9 cm³/mol. The van der Waals surface area contributed by atoms with E-state index in [1.807, 2.05) is 18.2 Å². The molecule has 1 aromatic carbocycles. The van der Waals surface area contributed by atoms with Crippen LogP contribution in [0.25, 0.3) is 0 Å². The predicted octanol–water partition coefficient (Wildman–Crippen LogP) is 3.65. The summed E-state index contributed by atoms with van der Waals surface area (Å²) in [6.07, 6.45) is 5.79. The van der Waals surface area contributed by atoms with E-state index in [0.29, 0.717) is 12.7 Å². The highest BCUT2D eigenvalue weighted by atomic mass is 16.7. The Morgan fingerprint density at radius 3 is 2.50 bits per heavy atom. The van der Waals surface area contributed by atoms with Crippen molar-refractivity contribution in [3.63, 3.8) is 0 Å². The summed E-state index contributed by atoms with van der Waals surface area (Å²) in [6, 6.07) is 6.11. The molecule has 1 aliphatic heterocycles. The zero-order chi connectivity index (χ0) is 11.4. The van der Waals surface area contributed by atoms with Crippen LogP contribution in [0.2, 0.25) is 0 Å². The summed E-state index contributed by atoms with van der Waals surface area (Å²) >= 11 is 0. The smallest absolute Gasteiger partial charge is 0.231 e. The molecule has 0 atom stereocenters. The summed E-state index contributed by atoms with van der Waals surface area (Å²) in [4.78, 5) is 0. The Balaban J connectivity index is 2.23. The normalized spacial score (nSPS) is 12.8. The van der Waals surface area contributed by atoms with Gasteiger partial charge in [0.2, 0.25) is 6.79 Å². The Hall–Kier alpha value is -1.70. The molecular formula is C14H16O2. The highest BCUT2D eigenvalue weighted by molar-refractivity contribution is 5.45. The minimum atomic E-state index is 0.326. The largest absolute Gasteiger partial charge is 0.454 e. The van der Waals surface area contributed by atoms with Gasteiger partial charge in [0.25, 0.3) is 0 Å². The van der Waals surface area contributed by atoms with Gasteiger partial charge in [0.05, 0.1) is 0 Å². The van der Waals surface area contributed by atoms with Gasteiger partial charge >= 0.3 is 0 Å². The van der Waals surface area contributed by atoms with Crippen LogP contribution < -0.4 is 9.47 Å². The molecule has 0 radical (unpaired) electrons. The third-order valence-corrected chi connectivity index (χ3v) is 2.77. The summed E-state index contributed by atoms with van der Waals surface area (Å²) in [5, 5.41) is 0. The number of hydrogen-bond acceptors (Lipinski definition) is 2. The summed E-state index contributed by atoms with van der Waals surface area (Å²) < 4.78 is 10.7. The molecule has 0 aromatic heterocycles. The molecule has 0 saturated heterocycles. The second-order valence-corrected chi connectivity index (χ2v) is 3.86. The first-order valence-corrected chi connectivity index (χ1v) is 5.46. The minimum Gasteiger partial charge on any atom is -0.454 e. The van der Waals surface area contributed by atoms with Gasteiger partial charge in [0.15, 0.2) is 11.5 Å². The number of fused-ring (bicyclic) bond motifs is 1. The van der Waals surface area contributed by atoms with Crippen LogP contribution in [0.5, 0.6) is 11.5 Å². The molecule has 0 unspecified atom stereocenters. The van der Waals surface area contributed by atoms with Crippen molar-refractivity contribution in [1.29, 1.82) is 0 Å². The maximum atomic E-state index is 5.37. The lowest BCUT2D eigenvalue weighted by atomic mass is 9.92. The molecule has 2 nitrogen and oxygen atoms in total. The van der Waals surface area contributed by atoms with Gasteiger partial charge in [-0.1, -0.05) is 18.2 Å². The van der Waals surface area contributed by atoms with Crippen LogP contribution in [0.4, 0.5) is 0 Å². The summed E-state index contributed by atoms with van der Waals surface area (Å²) in [6.45, 7) is 7.91. The molecule has 84 valence electrons. The quantitative estimate of drug-likeness (QED) is 0.699. The van der Waals surface area contributed by atoms with Crippen molar-refractivity contribution in [3.8, 4) is 11.5 Å². The van der Waals surface area contributed by atoms with E-state index < -0.39 is 0 Å². The van der Waals surface area contributed by atoms with Crippen LogP contribution in [0.1, 0.15) is 24.3 Å². The van der Waals surface area contributed by atoms with Gasteiger partial charge in [-0.2, -0.15) is 0 Å². The van der Waals surface area contributed by atoms with Gasteiger partial charge in [-0.3, -0.25) is 0 Å². The van der Waals surface area contributed by atoms with Crippen LogP contribution in [0.3, 0.4) is 0 Å². The summed E-state index contributed by atoms with van der Waals surface area (Å²) in [5.74, 6) is 2.11. The van der Waals surface area contributed by atoms with Crippen LogP contribution in [-0.4, -0.2) is 6.79 Å². The molecular weight excluding hydrogens is 200 g/mol. The van der Waals surface area contributed by atoms with Crippen LogP contribution >= 0.6 is 0 Å². The summed E-state index contributed by atoms with van der Waals surface area (Å²) in [7, 11) is 0. The van der Waals surface area contributed by atoms with E-state index in [1.54, 1.807) is 0 Å². The van der Waals surface area contributed by atoms with E-state index in [0.717, 1.165) is 24.3 Å². The van der Waals surface area contributed by atoms with Crippen LogP contribution in [-0.2, 0) is 0 Å². The Morgan fingerprint density at radius 1 is 1.12 bits per heavy atom. The lowest BCUT2D eigenvalue weighted by molar-refractivity contribution is 0.174. The van der Waals surface area contributed by atoms with E-state index in [2.05, 4.69) is 25.3 Å². The molecule has 0 amide bonds. The first-order chi connectivity index (χ1) is 7.85. The topological polar surface area (TPSA) is 18.5 Å². The second kappa shape index (κ2) is 4.88. The van der Waals surface area contributed by atoms with Crippen molar-refractivity contribution in [2.24, 2.45) is 0 Å². The molecule has 0 spiro atoms. The molecule has 0 saturated carbocycles. The SMILES string of the molecule is C=CCC(CC=C)c1ccc2c(c1)OCO2. The van der Waals surface area contributed by atoms with Gasteiger partial charge < -0.3 is 9.47 Å². The van der Waals surface area contributed by atoms with E-state index in [4.69, 9.17) is 9.47 Å². The van der Waals surface area contributed by atoms with Gasteiger partial charge in [-0.05, 0) is 36.5 Å². The number of ether oxygens (including phenoxy) is 2. The van der Waals surface area contributed by atoms with Gasteiger partial charge in [0, 0.05) is 0 Å². The standard InChI is InChI=1S/C14H16O2/c1-3-5-11(6-4-2)12-7-8-13-14(9-12)16-10-15-13/h3-4,7-9,11H,1-2,5-6,10H2. The molecule has 2 heteroatoms. The molecule has 2 rings (SSSR count). The summed E-state index contributed by atoms with van der Waals surface area (Å²) in [5.41, 5.74) is 1.25. The maximum absolute atomic E-state index is 5.37. The molecule has 0 N–H and O–H groups in total. The van der Waals surface area contributed by atoms with Crippen molar-refractivity contribution in [2.45, 2.75) is 18.8 Å². The van der Waals surface area contributed by atoms with Crippen molar-refractivity contribution >= 4 is 0 Å². The third kappa shape index (κ3) is 2.11. The molecule has 1 heterocycles. The Bertz CT molecular complexity index is 386. The lowest BCUT2D eigenvalue weighted by Crippen LogP contribution is -1.96. The van der Waals surface area contributed by atoms with Crippen LogP contribution in [0, 0.1) is 0 Å². The Kier molecular flexibility index (Phi) is 3.30. The highest BCUT2D eigenvalue weighted by Crippen LogP contribution is 2.36. The zero-order valence-corrected chi connectivity index (χ0v) is 9.32. The Labute approximate surface area is 96.2 Å². The first-order valence-electron chi connectivity index (χ1n) is 5.46. The highest BCUT2D eigenvalue weighted by Gasteiger charge is 2.16. The average Bonchev–Trinajstić information content (AvgIpc) is 2.75. The fourth-order valence-corrected chi connectivity index (χ4v) is 1.94. The number of allylic oxidation sites excluding steroid dienone is 2. The van der Waals surface area contributed by atoms with Crippen molar-refractivity contribution in [3.05, 3.63) is 49.1 Å². The van der Waals surface area contributed by atoms with Crippen LogP contribution in [0.15, 0.2) is 43.5 Å². The van der Waals surface area contributed by atoms with Crippen molar-refractivity contribution < 1.29 is 9.47 Å². The monoisotopic (exact) mass is 216 g/mol. The Morgan fingerprint density at radius 2 is 1.81 bits per heavy atom. The fraction of sp³-hybridized carbons (Fsp3) is 0.286. The molecule has 0 fully saturated rings. The van der Waals surface area contributed by atoms with Gasteiger partial charge in [-0.25, -0.2) is 0 Å². The van der Waals surface area contributed by atoms with E-state index in [1.165, 1.54) is 5.56 Å². The zero-order valence-electron chi connectivity index (χ0n) is 9.32. The van der Waals surface area contributed by atoms with E-state index in [-0.39, 0.29) is 0 Å². The van der Waals surface area contributed by atoms with E-state index in [9.17, 15) is 0 Å². The molecule has 0 aliphatic carbocycles. The second-order valence-electron chi connectivity index (χ2n) is 3.86. The minimum absolute atomic E-state index is 0.326. The van der Waals surface area contributed by atoms with Gasteiger partial charge in [-0.15, -0.1) is 13.2 Å². The third-order valence-electron chi connectivity index (χ3n) is 2.77. The molecule has 1 aliphatic rings. The fourth-order valence-electron chi connectivity index (χ4n) is 1.94. The number of hydrogen-bond donors (Lipinski definition) is 0. The molecule has 16 heavy (non-hydrogen) atoms. The number of rotatable bonds is 5. The van der Waals surface area contributed by atoms with Gasteiger partial charge in [0.1, 0.15) is 0 Å². The first kappa shape index (κ1) is 10.8.